The molecule has 1 fully saturated rings. The second-order valence-electron chi connectivity index (χ2n) is 6.58. The first-order valence-electron chi connectivity index (χ1n) is 10.9. The molecule has 0 aromatic heterocycles. The van der Waals surface area contributed by atoms with Crippen LogP contribution >= 0.6 is 0 Å². The number of benzene rings is 1. The van der Waals surface area contributed by atoms with Gasteiger partial charge in [0.2, 0.25) is 0 Å². The summed E-state index contributed by atoms with van der Waals surface area (Å²) in [4.78, 5) is 13.5. The quantitative estimate of drug-likeness (QED) is 0.557. The third-order valence-corrected chi connectivity index (χ3v) is 4.28. The van der Waals surface area contributed by atoms with E-state index < -0.39 is 0 Å². The number of hydrogen-bond acceptors (Lipinski definition) is 6. The molecule has 1 atom stereocenters. The minimum absolute atomic E-state index is 0.0572. The predicted octanol–water partition coefficient (Wildman–Crippen LogP) is 4.29. The number of piperidine rings is 1. The molecule has 166 valence electrons. The van der Waals surface area contributed by atoms with E-state index in [4.69, 9.17) is 10.5 Å². The molecular weight excluding hydrogens is 366 g/mol. The molecule has 1 heterocycles. The molecule has 4 N–H and O–H groups in total. The molecule has 1 unspecified atom stereocenters. The fourth-order valence-corrected chi connectivity index (χ4v) is 3.12. The monoisotopic (exact) mass is 407 g/mol. The Morgan fingerprint density at radius 3 is 2.59 bits per heavy atom. The Morgan fingerprint density at radius 2 is 2.00 bits per heavy atom. The highest BCUT2D eigenvalue weighted by Gasteiger charge is 2.25. The number of nitrogens with one attached hydrogen (secondary N) is 1. The van der Waals surface area contributed by atoms with Crippen molar-refractivity contribution in [1.29, 1.82) is 0 Å². The molecule has 6 nitrogen and oxygen atoms in total. The lowest BCUT2D eigenvalue weighted by Crippen LogP contribution is -2.47. The highest BCUT2D eigenvalue weighted by atomic mass is 16.5. The van der Waals surface area contributed by atoms with Gasteiger partial charge in [0, 0.05) is 19.1 Å². The van der Waals surface area contributed by atoms with Gasteiger partial charge >= 0.3 is 0 Å². The summed E-state index contributed by atoms with van der Waals surface area (Å²) < 4.78 is 5.89. The normalized spacial score (nSPS) is 16.2. The first-order valence-corrected chi connectivity index (χ1v) is 10.9. The highest BCUT2D eigenvalue weighted by molar-refractivity contribution is 5.83. The SMILES string of the molecule is CC.CC.CC(C)N/C(=C\CN)N1CCCCC1COc1cccc(O)c1C=O. The zero-order chi connectivity index (χ0) is 22.2. The van der Waals surface area contributed by atoms with Gasteiger partial charge in [0.15, 0.2) is 6.29 Å². The summed E-state index contributed by atoms with van der Waals surface area (Å²) in [6, 6.07) is 5.38. The lowest BCUT2D eigenvalue weighted by Gasteiger charge is -2.39. The summed E-state index contributed by atoms with van der Waals surface area (Å²) in [5, 5.41) is 13.2. The van der Waals surface area contributed by atoms with Crippen LogP contribution in [0, 0.1) is 0 Å². The first kappa shape index (κ1) is 26.8. The van der Waals surface area contributed by atoms with Gasteiger partial charge in [-0.25, -0.2) is 0 Å². The van der Waals surface area contributed by atoms with Crippen LogP contribution < -0.4 is 15.8 Å². The molecule has 1 saturated heterocycles. The van der Waals surface area contributed by atoms with Crippen LogP contribution in [0.2, 0.25) is 0 Å². The standard InChI is InChI=1S/C19H29N3O3.2C2H6/c1-14(2)21-19(9-10-20)22-11-4-3-6-15(22)13-25-18-8-5-7-17(24)16(18)12-23;2*1-2/h5,7-9,12,14-15,21,24H,3-4,6,10-11,13,20H2,1-2H3;2*1-2H3/b19-9+;;. The van der Waals surface area contributed by atoms with Gasteiger partial charge in [-0.1, -0.05) is 33.8 Å². The molecule has 0 amide bonds. The summed E-state index contributed by atoms with van der Waals surface area (Å²) in [7, 11) is 0. The minimum atomic E-state index is -0.0572. The van der Waals surface area contributed by atoms with Crippen LogP contribution in [-0.4, -0.2) is 48.1 Å². The summed E-state index contributed by atoms with van der Waals surface area (Å²) in [6.07, 6.45) is 5.91. The molecular formula is C23H41N3O3. The zero-order valence-corrected chi connectivity index (χ0v) is 19.1. The van der Waals surface area contributed by atoms with Gasteiger partial charge in [-0.15, -0.1) is 0 Å². The largest absolute Gasteiger partial charge is 0.507 e. The van der Waals surface area contributed by atoms with Gasteiger partial charge in [0.05, 0.1) is 17.4 Å². The van der Waals surface area contributed by atoms with Crippen molar-refractivity contribution in [2.45, 2.75) is 72.9 Å². The van der Waals surface area contributed by atoms with E-state index in [1.807, 2.05) is 33.8 Å². The Bertz CT molecular complexity index is 603. The van der Waals surface area contributed by atoms with E-state index in [1.165, 1.54) is 6.07 Å². The summed E-state index contributed by atoms with van der Waals surface area (Å²) >= 11 is 0. The van der Waals surface area contributed by atoms with Crippen molar-refractivity contribution in [3.63, 3.8) is 0 Å². The Kier molecular flexibility index (Phi) is 14.5. The van der Waals surface area contributed by atoms with Crippen molar-refractivity contribution in [3.8, 4) is 11.5 Å². The molecule has 1 aromatic rings. The second kappa shape index (κ2) is 15.7. The van der Waals surface area contributed by atoms with Crippen molar-refractivity contribution >= 4 is 6.29 Å². The average molecular weight is 408 g/mol. The molecule has 1 aliphatic rings. The molecule has 29 heavy (non-hydrogen) atoms. The molecule has 0 bridgehead atoms. The fraction of sp³-hybridized carbons (Fsp3) is 0.609. The number of rotatable bonds is 8. The van der Waals surface area contributed by atoms with Crippen LogP contribution in [0.25, 0.3) is 0 Å². The number of nitrogens with two attached hydrogens (primary N) is 1. The number of carbonyl (C=O) groups excluding carboxylic acids is 1. The van der Waals surface area contributed by atoms with Crippen LogP contribution in [0.5, 0.6) is 11.5 Å². The lowest BCUT2D eigenvalue weighted by atomic mass is 10.0. The molecule has 1 aliphatic heterocycles. The van der Waals surface area contributed by atoms with Crippen molar-refractivity contribution in [2.75, 3.05) is 19.7 Å². The van der Waals surface area contributed by atoms with Gasteiger partial charge in [-0.3, -0.25) is 4.79 Å². The van der Waals surface area contributed by atoms with E-state index in [0.717, 1.165) is 31.6 Å². The Labute approximate surface area is 177 Å². The topological polar surface area (TPSA) is 87.8 Å². The number of ether oxygens (including phenoxy) is 1. The average Bonchev–Trinajstić information content (AvgIpc) is 2.75. The lowest BCUT2D eigenvalue weighted by molar-refractivity contribution is 0.109. The van der Waals surface area contributed by atoms with E-state index in [9.17, 15) is 9.90 Å². The number of aldehydes is 1. The minimum Gasteiger partial charge on any atom is -0.507 e. The number of hydrogen-bond donors (Lipinski definition) is 3. The molecule has 2 rings (SSSR count). The van der Waals surface area contributed by atoms with Gasteiger partial charge < -0.3 is 25.8 Å². The van der Waals surface area contributed by atoms with E-state index in [1.54, 1.807) is 12.1 Å². The van der Waals surface area contributed by atoms with E-state index in [-0.39, 0.29) is 17.4 Å². The predicted molar refractivity (Wildman–Crippen MR) is 121 cm³/mol. The van der Waals surface area contributed by atoms with Crippen LogP contribution in [0.1, 0.15) is 71.2 Å². The third-order valence-electron chi connectivity index (χ3n) is 4.28. The smallest absolute Gasteiger partial charge is 0.157 e. The number of phenolic OH excluding ortho intramolecular Hbond substituents is 1. The maximum atomic E-state index is 11.2. The second-order valence-corrected chi connectivity index (χ2v) is 6.58. The number of aromatic hydroxyl groups is 1. The number of likely N-dealkylation sites (tertiary alicyclic amines) is 1. The molecule has 0 radical (unpaired) electrons. The Balaban J connectivity index is 0.00000184. The van der Waals surface area contributed by atoms with Gasteiger partial charge in [0.25, 0.3) is 0 Å². The van der Waals surface area contributed by atoms with Crippen molar-refractivity contribution < 1.29 is 14.6 Å². The number of phenols is 1. The van der Waals surface area contributed by atoms with Crippen molar-refractivity contribution in [2.24, 2.45) is 5.73 Å². The number of carbonyl (C=O) groups is 1. The van der Waals surface area contributed by atoms with Crippen LogP contribution in [0.3, 0.4) is 0 Å². The van der Waals surface area contributed by atoms with E-state index in [0.29, 0.717) is 31.2 Å². The summed E-state index contributed by atoms with van der Waals surface area (Å²) in [6.45, 7) is 14.1. The highest BCUT2D eigenvalue weighted by Crippen LogP contribution is 2.27. The maximum absolute atomic E-state index is 11.2. The number of nitrogens with zero attached hydrogens (tertiary/aromatic N) is 1. The molecule has 1 aromatic carbocycles. The molecule has 0 spiro atoms. The fourth-order valence-electron chi connectivity index (χ4n) is 3.12. The van der Waals surface area contributed by atoms with Crippen molar-refractivity contribution in [3.05, 3.63) is 35.7 Å². The molecule has 6 heteroatoms. The van der Waals surface area contributed by atoms with Crippen LogP contribution in [0.15, 0.2) is 30.1 Å². The maximum Gasteiger partial charge on any atom is 0.157 e. The van der Waals surface area contributed by atoms with Gasteiger partial charge in [-0.05, 0) is 51.3 Å². The van der Waals surface area contributed by atoms with Crippen LogP contribution in [-0.2, 0) is 0 Å². The van der Waals surface area contributed by atoms with Gasteiger partial charge in [-0.2, -0.15) is 0 Å². The zero-order valence-electron chi connectivity index (χ0n) is 19.1. The van der Waals surface area contributed by atoms with Gasteiger partial charge in [0.1, 0.15) is 18.1 Å². The van der Waals surface area contributed by atoms with Crippen LogP contribution in [0.4, 0.5) is 0 Å². The Morgan fingerprint density at radius 1 is 1.31 bits per heavy atom. The van der Waals surface area contributed by atoms with E-state index in [2.05, 4.69) is 24.1 Å². The Hall–Kier alpha value is -2.21. The third kappa shape index (κ3) is 8.77. The first-order chi connectivity index (χ1) is 14.1. The van der Waals surface area contributed by atoms with Crippen molar-refractivity contribution in [1.82, 2.24) is 10.2 Å². The molecule has 0 aliphatic carbocycles. The summed E-state index contributed by atoms with van der Waals surface area (Å²) in [5.74, 6) is 1.40. The summed E-state index contributed by atoms with van der Waals surface area (Å²) in [5.41, 5.74) is 5.93. The molecule has 0 saturated carbocycles. The van der Waals surface area contributed by atoms with E-state index >= 15 is 0 Å².